The Kier molecular flexibility index (Phi) is 3.93. The van der Waals surface area contributed by atoms with Gasteiger partial charge in [0, 0.05) is 12.1 Å². The van der Waals surface area contributed by atoms with Crippen LogP contribution in [0.5, 0.6) is 0 Å². The van der Waals surface area contributed by atoms with E-state index in [1.54, 1.807) is 0 Å². The number of alkyl carbamates (subject to hydrolysis) is 1. The molecule has 0 aromatic heterocycles. The zero-order valence-electron chi connectivity index (χ0n) is 9.54. The quantitative estimate of drug-likeness (QED) is 0.610. The summed E-state index contributed by atoms with van der Waals surface area (Å²) in [7, 11) is 0. The normalized spacial score (nSPS) is 26.4. The van der Waals surface area contributed by atoms with Crippen molar-refractivity contribution in [1.29, 1.82) is 0 Å². The van der Waals surface area contributed by atoms with E-state index in [0.29, 0.717) is 0 Å². The molecule has 2 atom stereocenters. The third kappa shape index (κ3) is 4.48. The number of carbonyl (C=O) groups excluding carboxylic acids is 1. The molecule has 0 aromatic carbocycles. The average molecular weight is 216 g/mol. The van der Waals surface area contributed by atoms with Gasteiger partial charge in [-0.15, -0.1) is 0 Å². The largest absolute Gasteiger partial charge is 0.444 e. The molecule has 1 fully saturated rings. The molecule has 0 bridgehead atoms. The molecule has 5 heteroatoms. The molecule has 1 rings (SSSR count). The van der Waals surface area contributed by atoms with E-state index in [-0.39, 0.29) is 18.2 Å². The topological polar surface area (TPSA) is 70.6 Å². The van der Waals surface area contributed by atoms with Gasteiger partial charge in [0.15, 0.2) is 0 Å². The minimum atomic E-state index is -0.461. The summed E-state index contributed by atoms with van der Waals surface area (Å²) >= 11 is 0. The third-order valence-corrected chi connectivity index (χ3v) is 2.34. The van der Waals surface area contributed by atoms with E-state index in [1.807, 2.05) is 20.8 Å². The fraction of sp³-hybridized carbons (Fsp3) is 0.900. The summed E-state index contributed by atoms with van der Waals surface area (Å²) in [6, 6.07) is 0.189. The Bertz CT molecular complexity index is 225. The van der Waals surface area contributed by atoms with Crippen molar-refractivity contribution < 1.29 is 14.7 Å². The summed E-state index contributed by atoms with van der Waals surface area (Å²) in [5.41, 5.74) is 1.76. The van der Waals surface area contributed by atoms with E-state index in [9.17, 15) is 4.79 Å². The third-order valence-electron chi connectivity index (χ3n) is 2.34. The van der Waals surface area contributed by atoms with Gasteiger partial charge in [-0.25, -0.2) is 10.3 Å². The molecule has 1 aliphatic rings. The summed E-state index contributed by atoms with van der Waals surface area (Å²) in [4.78, 5) is 11.4. The van der Waals surface area contributed by atoms with Crippen LogP contribution in [0.1, 0.15) is 40.0 Å². The van der Waals surface area contributed by atoms with Crippen LogP contribution in [0.3, 0.4) is 0 Å². The maximum absolute atomic E-state index is 11.4. The maximum Gasteiger partial charge on any atom is 0.407 e. The van der Waals surface area contributed by atoms with Crippen LogP contribution in [0.4, 0.5) is 4.79 Å². The summed E-state index contributed by atoms with van der Waals surface area (Å²) in [5.74, 6) is 0. The highest BCUT2D eigenvalue weighted by molar-refractivity contribution is 5.68. The number of hydrogen-bond acceptors (Lipinski definition) is 4. The van der Waals surface area contributed by atoms with Crippen LogP contribution < -0.4 is 10.8 Å². The molecule has 5 nitrogen and oxygen atoms in total. The number of carbonyl (C=O) groups is 1. The van der Waals surface area contributed by atoms with Crippen molar-refractivity contribution in [2.24, 2.45) is 0 Å². The lowest BCUT2D eigenvalue weighted by atomic mass is 10.2. The molecular formula is C10H20N2O3. The van der Waals surface area contributed by atoms with Gasteiger partial charge >= 0.3 is 6.09 Å². The molecular weight excluding hydrogens is 196 g/mol. The van der Waals surface area contributed by atoms with Crippen LogP contribution >= 0.6 is 0 Å². The van der Waals surface area contributed by atoms with Gasteiger partial charge in [0.25, 0.3) is 0 Å². The van der Waals surface area contributed by atoms with Gasteiger partial charge < -0.3 is 15.3 Å². The lowest BCUT2D eigenvalue weighted by Gasteiger charge is -2.21. The molecule has 0 radical (unpaired) electrons. The van der Waals surface area contributed by atoms with E-state index < -0.39 is 5.60 Å². The standard InChI is InChI=1S/C10H20N2O3/c1-10(2,3)15-9(13)11-7-4-5-8(6-7)12-14/h7-8,12,14H,4-6H2,1-3H3,(H,11,13). The first-order chi connectivity index (χ1) is 6.90. The van der Waals surface area contributed by atoms with Crippen LogP contribution in [0.2, 0.25) is 0 Å². The number of rotatable bonds is 2. The van der Waals surface area contributed by atoms with Crippen LogP contribution in [0, 0.1) is 0 Å². The van der Waals surface area contributed by atoms with Crippen molar-refractivity contribution >= 4 is 6.09 Å². The maximum atomic E-state index is 11.4. The molecule has 2 unspecified atom stereocenters. The van der Waals surface area contributed by atoms with Crippen molar-refractivity contribution in [3.63, 3.8) is 0 Å². The van der Waals surface area contributed by atoms with Gasteiger partial charge in [-0.2, -0.15) is 0 Å². The smallest absolute Gasteiger partial charge is 0.407 e. The van der Waals surface area contributed by atoms with E-state index in [1.165, 1.54) is 0 Å². The Morgan fingerprint density at radius 2 is 1.93 bits per heavy atom. The zero-order valence-corrected chi connectivity index (χ0v) is 9.54. The second-order valence-electron chi connectivity index (χ2n) is 4.98. The molecule has 0 heterocycles. The number of amides is 1. The Morgan fingerprint density at radius 3 is 2.40 bits per heavy atom. The van der Waals surface area contributed by atoms with Crippen molar-refractivity contribution in [2.75, 3.05) is 0 Å². The molecule has 0 aromatic rings. The van der Waals surface area contributed by atoms with Gasteiger partial charge in [0.05, 0.1) is 0 Å². The second kappa shape index (κ2) is 4.81. The summed E-state index contributed by atoms with van der Waals surface area (Å²) in [6.07, 6.45) is 2.11. The first-order valence-corrected chi connectivity index (χ1v) is 5.30. The fourth-order valence-electron chi connectivity index (χ4n) is 1.70. The molecule has 15 heavy (non-hydrogen) atoms. The molecule has 88 valence electrons. The molecule has 0 aliphatic heterocycles. The Hall–Kier alpha value is -0.810. The first kappa shape index (κ1) is 12.3. The highest BCUT2D eigenvalue weighted by atomic mass is 16.6. The molecule has 0 spiro atoms. The van der Waals surface area contributed by atoms with Crippen molar-refractivity contribution in [3.05, 3.63) is 0 Å². The van der Waals surface area contributed by atoms with E-state index in [2.05, 4.69) is 10.8 Å². The highest BCUT2D eigenvalue weighted by Crippen LogP contribution is 2.19. The Morgan fingerprint density at radius 1 is 1.33 bits per heavy atom. The van der Waals surface area contributed by atoms with E-state index >= 15 is 0 Å². The summed E-state index contributed by atoms with van der Waals surface area (Å²) in [6.45, 7) is 5.50. The van der Waals surface area contributed by atoms with Crippen molar-refractivity contribution in [3.8, 4) is 0 Å². The second-order valence-corrected chi connectivity index (χ2v) is 4.98. The summed E-state index contributed by atoms with van der Waals surface area (Å²) in [5, 5.41) is 11.5. The Balaban J connectivity index is 2.28. The SMILES string of the molecule is CC(C)(C)OC(=O)NC1CCC(NO)C1. The predicted molar refractivity (Wildman–Crippen MR) is 55.7 cm³/mol. The molecule has 0 saturated heterocycles. The summed E-state index contributed by atoms with van der Waals surface area (Å²) < 4.78 is 5.14. The van der Waals surface area contributed by atoms with Crippen molar-refractivity contribution in [1.82, 2.24) is 10.8 Å². The minimum absolute atomic E-state index is 0.0879. The molecule has 3 N–H and O–H groups in total. The van der Waals surface area contributed by atoms with Crippen LogP contribution in [-0.2, 0) is 4.74 Å². The van der Waals surface area contributed by atoms with Gasteiger partial charge in [0.2, 0.25) is 0 Å². The van der Waals surface area contributed by atoms with Crippen LogP contribution in [-0.4, -0.2) is 29.0 Å². The number of hydrogen-bond donors (Lipinski definition) is 3. The van der Waals surface area contributed by atoms with Crippen LogP contribution in [0.25, 0.3) is 0 Å². The fourth-order valence-corrected chi connectivity index (χ4v) is 1.70. The average Bonchev–Trinajstić information content (AvgIpc) is 2.48. The molecule has 1 amide bonds. The first-order valence-electron chi connectivity index (χ1n) is 5.30. The van der Waals surface area contributed by atoms with Gasteiger partial charge in [-0.05, 0) is 40.0 Å². The monoisotopic (exact) mass is 216 g/mol. The molecule has 1 aliphatic carbocycles. The Labute approximate surface area is 90.1 Å². The van der Waals surface area contributed by atoms with Gasteiger partial charge in [-0.3, -0.25) is 0 Å². The van der Waals surface area contributed by atoms with E-state index in [4.69, 9.17) is 9.94 Å². The zero-order chi connectivity index (χ0) is 11.5. The highest BCUT2D eigenvalue weighted by Gasteiger charge is 2.27. The minimum Gasteiger partial charge on any atom is -0.444 e. The van der Waals surface area contributed by atoms with Gasteiger partial charge in [-0.1, -0.05) is 0 Å². The van der Waals surface area contributed by atoms with Gasteiger partial charge in [0.1, 0.15) is 5.60 Å². The predicted octanol–water partition coefficient (Wildman–Crippen LogP) is 1.41. The number of nitrogens with one attached hydrogen (secondary N) is 2. The number of ether oxygens (including phenoxy) is 1. The van der Waals surface area contributed by atoms with Crippen LogP contribution in [0.15, 0.2) is 0 Å². The lowest BCUT2D eigenvalue weighted by Crippen LogP contribution is -2.38. The lowest BCUT2D eigenvalue weighted by molar-refractivity contribution is 0.0502. The van der Waals surface area contributed by atoms with E-state index in [0.717, 1.165) is 19.3 Å². The molecule has 1 saturated carbocycles. The number of hydroxylamine groups is 1. The van der Waals surface area contributed by atoms with Crippen molar-refractivity contribution in [2.45, 2.75) is 57.7 Å².